The summed E-state index contributed by atoms with van der Waals surface area (Å²) in [7, 11) is 3.90. The minimum Gasteiger partial charge on any atom is -0.447 e. The molecule has 0 fully saturated rings. The average molecular weight is 425 g/mol. The zero-order valence-corrected chi connectivity index (χ0v) is 18.3. The Hall–Kier alpha value is -3.03. The summed E-state index contributed by atoms with van der Waals surface area (Å²) in [6, 6.07) is 14.7. The Labute approximate surface area is 182 Å². The molecule has 164 valence electrons. The average Bonchev–Trinajstić information content (AvgIpc) is 3.19. The second-order valence-electron chi connectivity index (χ2n) is 7.88. The van der Waals surface area contributed by atoms with Gasteiger partial charge in [0.15, 0.2) is 5.69 Å². The van der Waals surface area contributed by atoms with Gasteiger partial charge in [0.2, 0.25) is 5.89 Å². The van der Waals surface area contributed by atoms with Gasteiger partial charge in [-0.1, -0.05) is 36.4 Å². The van der Waals surface area contributed by atoms with E-state index in [0.717, 1.165) is 12.1 Å². The number of aryl methyl sites for hydroxylation is 1. The third kappa shape index (κ3) is 7.01. The van der Waals surface area contributed by atoms with E-state index >= 15 is 0 Å². The number of aromatic nitrogens is 1. The largest absolute Gasteiger partial charge is 0.447 e. The molecule has 2 aromatic carbocycles. The Bertz CT molecular complexity index is 985. The summed E-state index contributed by atoms with van der Waals surface area (Å²) < 4.78 is 18.9. The highest BCUT2D eigenvalue weighted by molar-refractivity contribution is 5.91. The van der Waals surface area contributed by atoms with Crippen LogP contribution in [-0.2, 0) is 19.6 Å². The number of hydrogen-bond donors (Lipinski definition) is 1. The first-order valence-electron chi connectivity index (χ1n) is 10.3. The van der Waals surface area contributed by atoms with Crippen molar-refractivity contribution in [3.63, 3.8) is 0 Å². The van der Waals surface area contributed by atoms with Gasteiger partial charge < -0.3 is 14.6 Å². The molecule has 0 saturated heterocycles. The van der Waals surface area contributed by atoms with Crippen molar-refractivity contribution in [2.45, 2.75) is 26.6 Å². The molecule has 6 nitrogen and oxygen atoms in total. The van der Waals surface area contributed by atoms with Crippen molar-refractivity contribution in [2.75, 3.05) is 27.2 Å². The van der Waals surface area contributed by atoms with Gasteiger partial charge in [-0.25, -0.2) is 9.37 Å². The second-order valence-corrected chi connectivity index (χ2v) is 7.88. The van der Waals surface area contributed by atoms with E-state index in [4.69, 9.17) is 4.42 Å². The lowest BCUT2D eigenvalue weighted by atomic mass is 10.1. The molecule has 0 aliphatic rings. The number of amides is 1. The minimum atomic E-state index is -0.258. The van der Waals surface area contributed by atoms with E-state index in [1.165, 1.54) is 29.5 Å². The maximum atomic E-state index is 13.3. The van der Waals surface area contributed by atoms with Crippen LogP contribution in [0, 0.1) is 12.7 Å². The highest BCUT2D eigenvalue weighted by atomic mass is 19.1. The molecular formula is C24H29FN4O2. The molecule has 31 heavy (non-hydrogen) atoms. The summed E-state index contributed by atoms with van der Waals surface area (Å²) in [6.45, 7) is 5.07. The highest BCUT2D eigenvalue weighted by Crippen LogP contribution is 2.17. The molecule has 0 aliphatic heterocycles. The molecule has 0 atom stereocenters. The monoisotopic (exact) mass is 424 g/mol. The van der Waals surface area contributed by atoms with Crippen LogP contribution in [0.3, 0.4) is 0 Å². The zero-order chi connectivity index (χ0) is 22.2. The number of carbonyl (C=O) groups excluding carboxylic acids is 1. The summed E-state index contributed by atoms with van der Waals surface area (Å²) in [6.07, 6.45) is 1.39. The first kappa shape index (κ1) is 22.7. The van der Waals surface area contributed by atoms with E-state index < -0.39 is 0 Å². The van der Waals surface area contributed by atoms with Crippen LogP contribution in [0.15, 0.2) is 59.2 Å². The topological polar surface area (TPSA) is 61.6 Å². The number of nitrogens with zero attached hydrogens (tertiary/aromatic N) is 3. The number of oxazole rings is 1. The van der Waals surface area contributed by atoms with Crippen molar-refractivity contribution in [2.24, 2.45) is 0 Å². The molecule has 0 unspecified atom stereocenters. The number of halogens is 1. The maximum absolute atomic E-state index is 13.3. The standard InChI is InChI=1S/C24H29FN4O2/c1-18-6-4-5-7-20(18)15-29(14-19-8-10-21(25)11-9-19)16-23-27-22(17-31-23)24(30)26-12-13-28(2)3/h4-11,17H,12-16H2,1-3H3,(H,26,30). The summed E-state index contributed by atoms with van der Waals surface area (Å²) in [5.74, 6) is -0.0406. The fourth-order valence-corrected chi connectivity index (χ4v) is 3.21. The summed E-state index contributed by atoms with van der Waals surface area (Å²) >= 11 is 0. The minimum absolute atomic E-state index is 0.249. The van der Waals surface area contributed by atoms with Crippen LogP contribution in [0.25, 0.3) is 0 Å². The molecule has 1 aromatic heterocycles. The normalized spacial score (nSPS) is 11.3. The van der Waals surface area contributed by atoms with Crippen LogP contribution < -0.4 is 5.32 Å². The molecule has 0 saturated carbocycles. The lowest BCUT2D eigenvalue weighted by Crippen LogP contribution is -2.31. The van der Waals surface area contributed by atoms with Crippen LogP contribution in [0.4, 0.5) is 4.39 Å². The van der Waals surface area contributed by atoms with E-state index in [9.17, 15) is 9.18 Å². The first-order chi connectivity index (χ1) is 14.9. The van der Waals surface area contributed by atoms with E-state index in [-0.39, 0.29) is 17.4 Å². The van der Waals surface area contributed by atoms with Gasteiger partial charge in [0.1, 0.15) is 12.1 Å². The molecular weight excluding hydrogens is 395 g/mol. The molecule has 0 aliphatic carbocycles. The number of benzene rings is 2. The molecule has 1 heterocycles. The van der Waals surface area contributed by atoms with Crippen molar-refractivity contribution >= 4 is 5.91 Å². The molecule has 3 aromatic rings. The highest BCUT2D eigenvalue weighted by Gasteiger charge is 2.16. The van der Waals surface area contributed by atoms with Gasteiger partial charge in [0.25, 0.3) is 5.91 Å². The van der Waals surface area contributed by atoms with Crippen LogP contribution in [0.2, 0.25) is 0 Å². The smallest absolute Gasteiger partial charge is 0.273 e. The molecule has 0 spiro atoms. The Kier molecular flexibility index (Phi) is 7.92. The van der Waals surface area contributed by atoms with Crippen molar-refractivity contribution in [1.82, 2.24) is 20.1 Å². The van der Waals surface area contributed by atoms with E-state index in [1.54, 1.807) is 12.1 Å². The van der Waals surface area contributed by atoms with Crippen LogP contribution in [-0.4, -0.2) is 47.9 Å². The molecule has 3 rings (SSSR count). The van der Waals surface area contributed by atoms with E-state index in [1.807, 2.05) is 31.1 Å². The summed E-state index contributed by atoms with van der Waals surface area (Å²) in [4.78, 5) is 20.8. The quantitative estimate of drug-likeness (QED) is 0.539. The lowest BCUT2D eigenvalue weighted by Gasteiger charge is -2.22. The number of carbonyl (C=O) groups is 1. The molecule has 1 amide bonds. The van der Waals surface area contributed by atoms with Gasteiger partial charge in [-0.2, -0.15) is 0 Å². The predicted octanol–water partition coefficient (Wildman–Crippen LogP) is 3.62. The molecule has 7 heteroatoms. The number of rotatable bonds is 10. The third-order valence-corrected chi connectivity index (χ3v) is 4.96. The number of likely N-dealkylation sites (N-methyl/N-ethyl adjacent to an activating group) is 1. The first-order valence-corrected chi connectivity index (χ1v) is 10.3. The SMILES string of the molecule is Cc1ccccc1CN(Cc1ccc(F)cc1)Cc1nc(C(=O)NCCN(C)C)co1. The third-order valence-electron chi connectivity index (χ3n) is 4.96. The summed E-state index contributed by atoms with van der Waals surface area (Å²) in [5.41, 5.74) is 3.65. The fraction of sp³-hybridized carbons (Fsp3) is 0.333. The van der Waals surface area contributed by atoms with Crippen LogP contribution in [0.5, 0.6) is 0 Å². The maximum Gasteiger partial charge on any atom is 0.273 e. The van der Waals surface area contributed by atoms with Crippen LogP contribution >= 0.6 is 0 Å². The zero-order valence-electron chi connectivity index (χ0n) is 18.3. The molecule has 0 radical (unpaired) electrons. The molecule has 0 bridgehead atoms. The van der Waals surface area contributed by atoms with Gasteiger partial charge in [0, 0.05) is 26.2 Å². The molecule has 1 N–H and O–H groups in total. The summed E-state index contributed by atoms with van der Waals surface area (Å²) in [5, 5.41) is 2.84. The van der Waals surface area contributed by atoms with Gasteiger partial charge in [-0.3, -0.25) is 9.69 Å². The Morgan fingerprint density at radius 3 is 2.52 bits per heavy atom. The Balaban J connectivity index is 1.70. The van der Waals surface area contributed by atoms with Crippen molar-refractivity contribution in [1.29, 1.82) is 0 Å². The Morgan fingerprint density at radius 1 is 1.06 bits per heavy atom. The van der Waals surface area contributed by atoms with Crippen molar-refractivity contribution < 1.29 is 13.6 Å². The van der Waals surface area contributed by atoms with Crippen molar-refractivity contribution in [3.05, 3.63) is 88.9 Å². The van der Waals surface area contributed by atoms with Gasteiger partial charge in [-0.15, -0.1) is 0 Å². The number of nitrogens with one attached hydrogen (secondary N) is 1. The number of hydrogen-bond acceptors (Lipinski definition) is 5. The van der Waals surface area contributed by atoms with Gasteiger partial charge in [-0.05, 0) is 49.8 Å². The van der Waals surface area contributed by atoms with Crippen molar-refractivity contribution in [3.8, 4) is 0 Å². The van der Waals surface area contributed by atoms with E-state index in [0.29, 0.717) is 32.1 Å². The predicted molar refractivity (Wildman–Crippen MR) is 118 cm³/mol. The van der Waals surface area contributed by atoms with E-state index in [2.05, 4.69) is 34.3 Å². The van der Waals surface area contributed by atoms with Gasteiger partial charge >= 0.3 is 0 Å². The van der Waals surface area contributed by atoms with Gasteiger partial charge in [0.05, 0.1) is 6.54 Å². The second kappa shape index (κ2) is 10.8. The fourth-order valence-electron chi connectivity index (χ4n) is 3.21. The lowest BCUT2D eigenvalue weighted by molar-refractivity contribution is 0.0946. The Morgan fingerprint density at radius 2 is 1.81 bits per heavy atom. The van der Waals surface area contributed by atoms with Crippen LogP contribution in [0.1, 0.15) is 33.1 Å².